The number of carbonyl (C=O) groups excluding carboxylic acids is 1. The van der Waals surface area contributed by atoms with Crippen molar-refractivity contribution in [3.05, 3.63) is 0 Å². The van der Waals surface area contributed by atoms with Gasteiger partial charge in [-0.1, -0.05) is 6.42 Å². The zero-order valence-corrected chi connectivity index (χ0v) is 10.4. The first kappa shape index (κ1) is 11.9. The molecule has 0 saturated heterocycles. The normalized spacial score (nSPS) is 32.3. The lowest BCUT2D eigenvalue weighted by molar-refractivity contribution is -0.127. The molecule has 0 aromatic rings. The standard InChI is InChI=1S/C13H23NO2/c1-9(2)16-8-13(15)14-7-12-6-10-3-4-11(12)5-10/h9-12H,3-8H2,1-2H3,(H,14,15). The number of nitrogens with one attached hydrogen (secondary N) is 1. The number of ether oxygens (including phenoxy) is 1. The van der Waals surface area contributed by atoms with E-state index in [9.17, 15) is 4.79 Å². The van der Waals surface area contributed by atoms with E-state index in [0.29, 0.717) is 0 Å². The van der Waals surface area contributed by atoms with Gasteiger partial charge in [-0.15, -0.1) is 0 Å². The molecule has 0 radical (unpaired) electrons. The van der Waals surface area contributed by atoms with Gasteiger partial charge >= 0.3 is 0 Å². The van der Waals surface area contributed by atoms with Gasteiger partial charge in [-0.25, -0.2) is 0 Å². The van der Waals surface area contributed by atoms with Crippen molar-refractivity contribution in [3.8, 4) is 0 Å². The van der Waals surface area contributed by atoms with Crippen molar-refractivity contribution >= 4 is 5.91 Å². The monoisotopic (exact) mass is 225 g/mol. The Kier molecular flexibility index (Phi) is 3.85. The minimum Gasteiger partial charge on any atom is -0.369 e. The van der Waals surface area contributed by atoms with Crippen LogP contribution in [0.15, 0.2) is 0 Å². The summed E-state index contributed by atoms with van der Waals surface area (Å²) in [7, 11) is 0. The summed E-state index contributed by atoms with van der Waals surface area (Å²) in [5, 5.41) is 3.00. The Bertz CT molecular complexity index is 252. The summed E-state index contributed by atoms with van der Waals surface area (Å²) in [5.41, 5.74) is 0. The van der Waals surface area contributed by atoms with Crippen molar-refractivity contribution in [2.45, 2.75) is 45.6 Å². The summed E-state index contributed by atoms with van der Waals surface area (Å²) in [4.78, 5) is 11.5. The Morgan fingerprint density at radius 2 is 2.19 bits per heavy atom. The predicted octanol–water partition coefficient (Wildman–Crippen LogP) is 1.96. The zero-order chi connectivity index (χ0) is 11.5. The van der Waals surface area contributed by atoms with E-state index in [1.807, 2.05) is 13.8 Å². The summed E-state index contributed by atoms with van der Waals surface area (Å²) < 4.78 is 5.27. The van der Waals surface area contributed by atoms with Crippen molar-refractivity contribution in [3.63, 3.8) is 0 Å². The summed E-state index contributed by atoms with van der Waals surface area (Å²) in [5.74, 6) is 2.62. The third-order valence-electron chi connectivity index (χ3n) is 3.99. The van der Waals surface area contributed by atoms with Crippen LogP contribution in [-0.2, 0) is 9.53 Å². The number of hydrogen-bond donors (Lipinski definition) is 1. The van der Waals surface area contributed by atoms with Crippen LogP contribution in [0.3, 0.4) is 0 Å². The summed E-state index contributed by atoms with van der Waals surface area (Å²) in [6.07, 6.45) is 5.67. The number of amides is 1. The van der Waals surface area contributed by atoms with E-state index in [1.165, 1.54) is 25.7 Å². The molecule has 3 heteroatoms. The molecule has 0 aliphatic heterocycles. The lowest BCUT2D eigenvalue weighted by Gasteiger charge is -2.21. The van der Waals surface area contributed by atoms with Crippen LogP contribution in [-0.4, -0.2) is 25.2 Å². The topological polar surface area (TPSA) is 38.3 Å². The van der Waals surface area contributed by atoms with E-state index in [1.54, 1.807) is 0 Å². The highest BCUT2D eigenvalue weighted by Gasteiger charge is 2.39. The number of rotatable bonds is 5. The van der Waals surface area contributed by atoms with Gasteiger partial charge in [0.1, 0.15) is 6.61 Å². The van der Waals surface area contributed by atoms with Crippen LogP contribution in [0.4, 0.5) is 0 Å². The van der Waals surface area contributed by atoms with Crippen LogP contribution in [0, 0.1) is 17.8 Å². The molecule has 3 atom stereocenters. The molecule has 2 saturated carbocycles. The van der Waals surface area contributed by atoms with E-state index in [4.69, 9.17) is 4.74 Å². The Labute approximate surface area is 97.9 Å². The van der Waals surface area contributed by atoms with Crippen LogP contribution < -0.4 is 5.32 Å². The van der Waals surface area contributed by atoms with Crippen LogP contribution in [0.25, 0.3) is 0 Å². The van der Waals surface area contributed by atoms with E-state index >= 15 is 0 Å². The van der Waals surface area contributed by atoms with E-state index in [0.717, 1.165) is 24.3 Å². The maximum Gasteiger partial charge on any atom is 0.246 e. The minimum atomic E-state index is 0.0384. The molecule has 1 amide bonds. The maximum atomic E-state index is 11.5. The lowest BCUT2D eigenvalue weighted by atomic mass is 9.89. The van der Waals surface area contributed by atoms with Crippen molar-refractivity contribution in [1.29, 1.82) is 0 Å². The van der Waals surface area contributed by atoms with Crippen LogP contribution in [0.1, 0.15) is 39.5 Å². The fourth-order valence-corrected chi connectivity index (χ4v) is 3.16. The van der Waals surface area contributed by atoms with E-state index in [2.05, 4.69) is 5.32 Å². The Balaban J connectivity index is 1.62. The van der Waals surface area contributed by atoms with Gasteiger partial charge in [0.15, 0.2) is 0 Å². The molecular formula is C13H23NO2. The van der Waals surface area contributed by atoms with Gasteiger partial charge in [-0.05, 0) is 50.9 Å². The summed E-state index contributed by atoms with van der Waals surface area (Å²) >= 11 is 0. The van der Waals surface area contributed by atoms with Crippen molar-refractivity contribution in [2.75, 3.05) is 13.2 Å². The minimum absolute atomic E-state index is 0.0384. The molecule has 2 aliphatic carbocycles. The number of fused-ring (bicyclic) bond motifs is 2. The van der Waals surface area contributed by atoms with Crippen molar-refractivity contribution in [2.24, 2.45) is 17.8 Å². The van der Waals surface area contributed by atoms with Gasteiger partial charge in [0.25, 0.3) is 0 Å². The molecule has 2 fully saturated rings. The summed E-state index contributed by atoms with van der Waals surface area (Å²) in [6.45, 7) is 4.96. The highest BCUT2D eigenvalue weighted by molar-refractivity contribution is 5.77. The molecule has 0 aromatic carbocycles. The van der Waals surface area contributed by atoms with Gasteiger partial charge in [0, 0.05) is 6.54 Å². The smallest absolute Gasteiger partial charge is 0.246 e. The molecule has 0 heterocycles. The zero-order valence-electron chi connectivity index (χ0n) is 10.4. The number of hydrogen-bond acceptors (Lipinski definition) is 2. The second-order valence-electron chi connectivity index (χ2n) is 5.60. The van der Waals surface area contributed by atoms with Crippen LogP contribution in [0.2, 0.25) is 0 Å². The molecule has 2 bridgehead atoms. The fourth-order valence-electron chi connectivity index (χ4n) is 3.16. The third-order valence-corrected chi connectivity index (χ3v) is 3.99. The van der Waals surface area contributed by atoms with Crippen molar-refractivity contribution < 1.29 is 9.53 Å². The first-order valence-electron chi connectivity index (χ1n) is 6.53. The molecular weight excluding hydrogens is 202 g/mol. The average molecular weight is 225 g/mol. The Hall–Kier alpha value is -0.570. The van der Waals surface area contributed by atoms with Crippen molar-refractivity contribution in [1.82, 2.24) is 5.32 Å². The molecule has 2 aliphatic rings. The number of carbonyl (C=O) groups is 1. The highest BCUT2D eigenvalue weighted by atomic mass is 16.5. The van der Waals surface area contributed by atoms with Gasteiger partial charge in [0.2, 0.25) is 5.91 Å². The first-order valence-corrected chi connectivity index (χ1v) is 6.53. The van der Waals surface area contributed by atoms with Crippen LogP contribution in [0.5, 0.6) is 0 Å². The molecule has 0 spiro atoms. The predicted molar refractivity (Wildman–Crippen MR) is 63.0 cm³/mol. The second-order valence-corrected chi connectivity index (χ2v) is 5.60. The third kappa shape index (κ3) is 2.97. The lowest BCUT2D eigenvalue weighted by Crippen LogP contribution is -2.34. The van der Waals surface area contributed by atoms with Gasteiger partial charge in [-0.2, -0.15) is 0 Å². The summed E-state index contributed by atoms with van der Waals surface area (Å²) in [6, 6.07) is 0. The van der Waals surface area contributed by atoms with E-state index < -0.39 is 0 Å². The van der Waals surface area contributed by atoms with E-state index in [-0.39, 0.29) is 18.6 Å². The van der Waals surface area contributed by atoms with Gasteiger partial charge in [-0.3, -0.25) is 4.79 Å². The fraction of sp³-hybridized carbons (Fsp3) is 0.923. The largest absolute Gasteiger partial charge is 0.369 e. The quantitative estimate of drug-likeness (QED) is 0.777. The molecule has 3 unspecified atom stereocenters. The SMILES string of the molecule is CC(C)OCC(=O)NCC1CC2CCC1C2. The second kappa shape index (κ2) is 5.17. The Morgan fingerprint density at radius 1 is 1.38 bits per heavy atom. The van der Waals surface area contributed by atoms with Gasteiger partial charge in [0.05, 0.1) is 6.10 Å². The molecule has 16 heavy (non-hydrogen) atoms. The van der Waals surface area contributed by atoms with Gasteiger partial charge < -0.3 is 10.1 Å². The molecule has 2 rings (SSSR count). The molecule has 92 valence electrons. The molecule has 0 aromatic heterocycles. The Morgan fingerprint density at radius 3 is 2.75 bits per heavy atom. The first-order chi connectivity index (χ1) is 7.65. The maximum absolute atomic E-state index is 11.5. The molecule has 3 nitrogen and oxygen atoms in total. The average Bonchev–Trinajstić information content (AvgIpc) is 2.84. The molecule has 1 N–H and O–H groups in total. The van der Waals surface area contributed by atoms with Crippen LogP contribution >= 0.6 is 0 Å². The highest BCUT2D eigenvalue weighted by Crippen LogP contribution is 2.47.